The number of sulfone groups is 1. The monoisotopic (exact) mass is 345 g/mol. The van der Waals surface area contributed by atoms with Gasteiger partial charge in [0.05, 0.1) is 10.6 Å². The van der Waals surface area contributed by atoms with E-state index in [1.807, 2.05) is 0 Å². The van der Waals surface area contributed by atoms with Crippen molar-refractivity contribution >= 4 is 38.9 Å². The van der Waals surface area contributed by atoms with Crippen molar-refractivity contribution in [1.82, 2.24) is 0 Å². The molecular weight excluding hydrogens is 333 g/mol. The zero-order chi connectivity index (χ0) is 15.5. The average molecular weight is 346 g/mol. The van der Waals surface area contributed by atoms with Gasteiger partial charge in [0.2, 0.25) is 0 Å². The zero-order valence-electron chi connectivity index (χ0n) is 10.9. The summed E-state index contributed by atoms with van der Waals surface area (Å²) >= 11 is 6.87. The lowest BCUT2D eigenvalue weighted by molar-refractivity contribution is 0.596. The molecule has 0 aliphatic heterocycles. The predicted molar refractivity (Wildman–Crippen MR) is 85.0 cm³/mol. The molecule has 0 amide bonds. The van der Waals surface area contributed by atoms with Crippen LogP contribution in [0, 0.1) is 5.82 Å². The number of thioether (sulfide) groups is 1. The van der Waals surface area contributed by atoms with E-state index in [0.29, 0.717) is 15.6 Å². The van der Waals surface area contributed by atoms with Crippen molar-refractivity contribution in [2.24, 2.45) is 0 Å². The lowest BCUT2D eigenvalue weighted by Crippen LogP contribution is -2.08. The summed E-state index contributed by atoms with van der Waals surface area (Å²) in [6.45, 7) is 0. The van der Waals surface area contributed by atoms with Crippen LogP contribution in [0.3, 0.4) is 0 Å². The summed E-state index contributed by atoms with van der Waals surface area (Å²) < 4.78 is 37.8. The molecule has 0 radical (unpaired) electrons. The molecule has 2 rings (SSSR count). The fraction of sp³-hybridized carbons (Fsp3) is 0.143. The van der Waals surface area contributed by atoms with Crippen LogP contribution >= 0.6 is 23.4 Å². The number of rotatable bonds is 5. The van der Waals surface area contributed by atoms with Crippen LogP contribution in [0.25, 0.3) is 0 Å². The summed E-state index contributed by atoms with van der Waals surface area (Å²) in [5.41, 5.74) is 5.80. The van der Waals surface area contributed by atoms with Crippen LogP contribution in [-0.4, -0.2) is 19.9 Å². The van der Waals surface area contributed by atoms with E-state index in [1.54, 1.807) is 12.1 Å². The Morgan fingerprint density at radius 3 is 2.43 bits per heavy atom. The molecule has 2 aromatic rings. The summed E-state index contributed by atoms with van der Waals surface area (Å²) in [6.07, 6.45) is 0. The minimum atomic E-state index is -3.39. The normalized spacial score (nSPS) is 11.5. The molecule has 0 atom stereocenters. The third-order valence-corrected chi connectivity index (χ3v) is 6.03. The lowest BCUT2D eigenvalue weighted by Gasteiger charge is -2.06. The lowest BCUT2D eigenvalue weighted by atomic mass is 10.3. The molecule has 0 spiro atoms. The predicted octanol–water partition coefficient (Wildman–Crippen LogP) is 3.63. The van der Waals surface area contributed by atoms with Crippen molar-refractivity contribution in [3.63, 3.8) is 0 Å². The van der Waals surface area contributed by atoms with Crippen molar-refractivity contribution in [2.75, 3.05) is 17.2 Å². The molecule has 0 aliphatic carbocycles. The van der Waals surface area contributed by atoms with Gasteiger partial charge in [-0.1, -0.05) is 11.6 Å². The van der Waals surface area contributed by atoms with Gasteiger partial charge in [-0.3, -0.25) is 0 Å². The molecule has 0 saturated carbocycles. The highest BCUT2D eigenvalue weighted by molar-refractivity contribution is 8.00. The Morgan fingerprint density at radius 1 is 1.14 bits per heavy atom. The highest BCUT2D eigenvalue weighted by Crippen LogP contribution is 2.24. The Kier molecular flexibility index (Phi) is 5.13. The Hall–Kier alpha value is -1.24. The minimum absolute atomic E-state index is 0.0802. The second kappa shape index (κ2) is 6.68. The van der Waals surface area contributed by atoms with Crippen molar-refractivity contribution in [3.05, 3.63) is 53.3 Å². The SMILES string of the molecule is Nc1ccc(SCCS(=O)(=O)c2ccc(Cl)cc2)c(F)c1. The maximum Gasteiger partial charge on any atom is 0.179 e. The van der Waals surface area contributed by atoms with Crippen LogP contribution in [0.2, 0.25) is 5.02 Å². The van der Waals surface area contributed by atoms with E-state index in [-0.39, 0.29) is 16.4 Å². The molecule has 112 valence electrons. The van der Waals surface area contributed by atoms with E-state index in [2.05, 4.69) is 0 Å². The van der Waals surface area contributed by atoms with E-state index in [1.165, 1.54) is 30.3 Å². The maximum atomic E-state index is 13.6. The molecule has 0 unspecified atom stereocenters. The number of nitrogens with two attached hydrogens (primary N) is 1. The van der Waals surface area contributed by atoms with Crippen molar-refractivity contribution in [3.8, 4) is 0 Å². The van der Waals surface area contributed by atoms with Crippen LogP contribution in [0.1, 0.15) is 0 Å². The molecule has 3 nitrogen and oxygen atoms in total. The second-order valence-corrected chi connectivity index (χ2v) is 7.99. The molecule has 0 saturated heterocycles. The minimum Gasteiger partial charge on any atom is -0.399 e. The van der Waals surface area contributed by atoms with Gasteiger partial charge in [-0.15, -0.1) is 11.8 Å². The largest absolute Gasteiger partial charge is 0.399 e. The van der Waals surface area contributed by atoms with E-state index in [9.17, 15) is 12.8 Å². The summed E-state index contributed by atoms with van der Waals surface area (Å²) in [5.74, 6) is -0.265. The molecule has 2 aromatic carbocycles. The molecule has 2 N–H and O–H groups in total. The zero-order valence-corrected chi connectivity index (χ0v) is 13.3. The topological polar surface area (TPSA) is 60.2 Å². The first-order chi connectivity index (χ1) is 9.88. The Bertz CT molecular complexity index is 733. The summed E-state index contributed by atoms with van der Waals surface area (Å²) in [7, 11) is -3.39. The molecule has 0 aliphatic rings. The first-order valence-electron chi connectivity index (χ1n) is 6.04. The Morgan fingerprint density at radius 2 is 1.81 bits per heavy atom. The third-order valence-electron chi connectivity index (χ3n) is 2.74. The molecule has 21 heavy (non-hydrogen) atoms. The Balaban J connectivity index is 2.00. The number of nitrogen functional groups attached to an aromatic ring is 1. The number of anilines is 1. The molecular formula is C14H13ClFNO2S2. The second-order valence-electron chi connectivity index (χ2n) is 4.31. The molecule has 0 bridgehead atoms. The van der Waals surface area contributed by atoms with Gasteiger partial charge in [0.15, 0.2) is 9.84 Å². The standard InChI is InChI=1S/C14H13ClFNO2S2/c15-10-1-4-12(5-2-10)21(18,19)8-7-20-14-6-3-11(17)9-13(14)16/h1-6,9H,7-8,17H2. The van der Waals surface area contributed by atoms with E-state index >= 15 is 0 Å². The van der Waals surface area contributed by atoms with Gasteiger partial charge < -0.3 is 5.73 Å². The number of hydrogen-bond donors (Lipinski definition) is 1. The first kappa shape index (κ1) is 16.1. The summed E-state index contributed by atoms with van der Waals surface area (Å²) in [5, 5.41) is 0.479. The number of benzene rings is 2. The summed E-state index contributed by atoms with van der Waals surface area (Å²) in [6, 6.07) is 10.3. The molecule has 0 fully saturated rings. The van der Waals surface area contributed by atoms with Gasteiger partial charge in [0, 0.05) is 21.4 Å². The fourth-order valence-corrected chi connectivity index (χ4v) is 4.36. The third kappa shape index (κ3) is 4.36. The van der Waals surface area contributed by atoms with Crippen LogP contribution < -0.4 is 5.73 Å². The first-order valence-corrected chi connectivity index (χ1v) is 9.06. The highest BCUT2D eigenvalue weighted by Gasteiger charge is 2.14. The van der Waals surface area contributed by atoms with E-state index < -0.39 is 15.7 Å². The Labute approximate surface area is 132 Å². The average Bonchev–Trinajstić information content (AvgIpc) is 2.41. The highest BCUT2D eigenvalue weighted by atomic mass is 35.5. The van der Waals surface area contributed by atoms with Crippen LogP contribution in [0.15, 0.2) is 52.3 Å². The summed E-state index contributed by atoms with van der Waals surface area (Å²) in [4.78, 5) is 0.598. The smallest absolute Gasteiger partial charge is 0.179 e. The van der Waals surface area contributed by atoms with Gasteiger partial charge in [-0.2, -0.15) is 0 Å². The fourth-order valence-electron chi connectivity index (χ4n) is 1.66. The van der Waals surface area contributed by atoms with Gasteiger partial charge in [-0.25, -0.2) is 12.8 Å². The van der Waals surface area contributed by atoms with Gasteiger partial charge >= 0.3 is 0 Å². The number of halogens is 2. The van der Waals surface area contributed by atoms with Crippen LogP contribution in [-0.2, 0) is 9.84 Å². The van der Waals surface area contributed by atoms with Gasteiger partial charge in [-0.05, 0) is 42.5 Å². The van der Waals surface area contributed by atoms with Crippen LogP contribution in [0.4, 0.5) is 10.1 Å². The molecule has 0 heterocycles. The molecule has 7 heteroatoms. The maximum absolute atomic E-state index is 13.6. The van der Waals surface area contributed by atoms with Crippen molar-refractivity contribution < 1.29 is 12.8 Å². The van der Waals surface area contributed by atoms with Gasteiger partial charge in [0.25, 0.3) is 0 Å². The van der Waals surface area contributed by atoms with E-state index in [4.69, 9.17) is 17.3 Å². The number of hydrogen-bond acceptors (Lipinski definition) is 4. The van der Waals surface area contributed by atoms with Crippen LogP contribution in [0.5, 0.6) is 0 Å². The molecule has 0 aromatic heterocycles. The quantitative estimate of drug-likeness (QED) is 0.664. The van der Waals surface area contributed by atoms with Crippen molar-refractivity contribution in [2.45, 2.75) is 9.79 Å². The van der Waals surface area contributed by atoms with Crippen molar-refractivity contribution in [1.29, 1.82) is 0 Å². The van der Waals surface area contributed by atoms with E-state index in [0.717, 1.165) is 11.8 Å². The van der Waals surface area contributed by atoms with Gasteiger partial charge in [0.1, 0.15) is 5.82 Å².